The molecule has 0 radical (unpaired) electrons. The Morgan fingerprint density at radius 2 is 1.83 bits per heavy atom. The van der Waals surface area contributed by atoms with Crippen molar-refractivity contribution in [3.05, 3.63) is 78.4 Å². The monoisotopic (exact) mass is 402 g/mol. The summed E-state index contributed by atoms with van der Waals surface area (Å²) >= 11 is 0. The van der Waals surface area contributed by atoms with Crippen molar-refractivity contribution in [3.63, 3.8) is 0 Å². The summed E-state index contributed by atoms with van der Waals surface area (Å²) in [6.07, 6.45) is 6.52. The summed E-state index contributed by atoms with van der Waals surface area (Å²) in [5.74, 6) is 0.474. The van der Waals surface area contributed by atoms with Crippen LogP contribution in [0.3, 0.4) is 0 Å². The molecule has 8 nitrogen and oxygen atoms in total. The number of nitrogens with zero attached hydrogens (tertiary/aromatic N) is 6. The van der Waals surface area contributed by atoms with Crippen LogP contribution in [0.2, 0.25) is 0 Å². The summed E-state index contributed by atoms with van der Waals surface area (Å²) in [5, 5.41) is 11.7. The smallest absolute Gasteiger partial charge is 0.255 e. The zero-order valence-corrected chi connectivity index (χ0v) is 16.4. The minimum Gasteiger partial charge on any atom is -0.338 e. The minimum atomic E-state index is -0.0485. The van der Waals surface area contributed by atoms with Crippen molar-refractivity contribution < 1.29 is 9.59 Å². The van der Waals surface area contributed by atoms with Crippen molar-refractivity contribution in [1.29, 1.82) is 0 Å². The van der Waals surface area contributed by atoms with Crippen LogP contribution in [-0.2, 0) is 11.3 Å². The van der Waals surface area contributed by atoms with Gasteiger partial charge in [-0.15, -0.1) is 0 Å². The van der Waals surface area contributed by atoms with Crippen LogP contribution in [-0.4, -0.2) is 61.2 Å². The van der Waals surface area contributed by atoms with Gasteiger partial charge in [0, 0.05) is 43.9 Å². The molecule has 0 saturated carbocycles. The number of hydrogen-bond acceptors (Lipinski definition) is 5. The topological polar surface area (TPSA) is 84.2 Å². The third kappa shape index (κ3) is 3.34. The predicted octanol–water partition coefficient (Wildman–Crippen LogP) is 1.64. The second-order valence-electron chi connectivity index (χ2n) is 7.87. The molecule has 2 aromatic heterocycles. The second-order valence-corrected chi connectivity index (χ2v) is 7.87. The molecule has 0 unspecified atom stereocenters. The summed E-state index contributed by atoms with van der Waals surface area (Å²) in [6.45, 7) is 2.13. The molecule has 8 heteroatoms. The summed E-state index contributed by atoms with van der Waals surface area (Å²) in [4.78, 5) is 29.9. The molecule has 2 amide bonds. The quantitative estimate of drug-likeness (QED) is 0.663. The second kappa shape index (κ2) is 7.70. The van der Waals surface area contributed by atoms with Crippen molar-refractivity contribution >= 4 is 11.8 Å². The largest absolute Gasteiger partial charge is 0.338 e. The first-order valence-electron chi connectivity index (χ1n) is 10.1. The normalized spacial score (nSPS) is 22.9. The Bertz CT molecular complexity index is 1020. The van der Waals surface area contributed by atoms with Gasteiger partial charge in [0.05, 0.1) is 24.0 Å². The third-order valence-electron chi connectivity index (χ3n) is 6.10. The van der Waals surface area contributed by atoms with Gasteiger partial charge < -0.3 is 9.80 Å². The highest BCUT2D eigenvalue weighted by atomic mass is 16.2. The standard InChI is InChI=1S/C22H22N6O2/c29-20(15-27-10-4-8-25-27)28-13-18-12-26(22(30)17-7-9-23-24-11-17)14-19(18)21(28)16-5-2-1-3-6-16/h1-11,18-19,21H,12-15H2/t18-,19-,21-/m0/s1. The molecule has 0 spiro atoms. The molecular formula is C22H22N6O2. The van der Waals surface area contributed by atoms with E-state index in [4.69, 9.17) is 0 Å². The SMILES string of the molecule is O=C(c1ccnnc1)N1C[C@H]2CN(C(=O)Cn3cccn3)[C@@H](c3ccccc3)[C@H]2C1. The molecule has 3 atom stereocenters. The van der Waals surface area contributed by atoms with E-state index < -0.39 is 0 Å². The van der Waals surface area contributed by atoms with E-state index in [1.807, 2.05) is 34.1 Å². The Labute approximate surface area is 174 Å². The van der Waals surface area contributed by atoms with Gasteiger partial charge in [-0.2, -0.15) is 15.3 Å². The number of amides is 2. The number of fused-ring (bicyclic) bond motifs is 1. The van der Waals surface area contributed by atoms with Gasteiger partial charge in [0.2, 0.25) is 5.91 Å². The molecule has 4 heterocycles. The van der Waals surface area contributed by atoms with E-state index in [1.165, 1.54) is 12.4 Å². The van der Waals surface area contributed by atoms with Crippen molar-refractivity contribution in [2.45, 2.75) is 12.6 Å². The lowest BCUT2D eigenvalue weighted by atomic mass is 9.89. The van der Waals surface area contributed by atoms with Crippen LogP contribution in [0.5, 0.6) is 0 Å². The number of rotatable bonds is 4. The zero-order chi connectivity index (χ0) is 20.5. The lowest BCUT2D eigenvalue weighted by molar-refractivity contribution is -0.133. The van der Waals surface area contributed by atoms with Crippen molar-refractivity contribution in [2.75, 3.05) is 19.6 Å². The maximum Gasteiger partial charge on any atom is 0.255 e. The van der Waals surface area contributed by atoms with Crippen LogP contribution < -0.4 is 0 Å². The van der Waals surface area contributed by atoms with Crippen molar-refractivity contribution in [2.24, 2.45) is 11.8 Å². The van der Waals surface area contributed by atoms with Crippen molar-refractivity contribution in [3.8, 4) is 0 Å². The molecule has 152 valence electrons. The fourth-order valence-electron chi connectivity index (χ4n) is 4.77. The molecule has 30 heavy (non-hydrogen) atoms. The van der Waals surface area contributed by atoms with Crippen LogP contribution in [0, 0.1) is 11.8 Å². The van der Waals surface area contributed by atoms with Gasteiger partial charge in [0.25, 0.3) is 5.91 Å². The molecule has 0 aliphatic carbocycles. The molecule has 0 bridgehead atoms. The highest BCUT2D eigenvalue weighted by Gasteiger charge is 2.50. The van der Waals surface area contributed by atoms with E-state index in [0.717, 1.165) is 5.56 Å². The molecular weight excluding hydrogens is 380 g/mol. The Morgan fingerprint density at radius 1 is 0.967 bits per heavy atom. The lowest BCUT2D eigenvalue weighted by Gasteiger charge is -2.30. The lowest BCUT2D eigenvalue weighted by Crippen LogP contribution is -2.39. The van der Waals surface area contributed by atoms with Crippen LogP contribution in [0.25, 0.3) is 0 Å². The van der Waals surface area contributed by atoms with E-state index >= 15 is 0 Å². The highest BCUT2D eigenvalue weighted by molar-refractivity contribution is 5.94. The van der Waals surface area contributed by atoms with Gasteiger partial charge in [0.1, 0.15) is 6.54 Å². The number of benzene rings is 1. The Balaban J connectivity index is 1.39. The fraction of sp³-hybridized carbons (Fsp3) is 0.318. The Kier molecular flexibility index (Phi) is 4.74. The van der Waals surface area contributed by atoms with Gasteiger partial charge in [-0.25, -0.2) is 0 Å². The number of carbonyl (C=O) groups excluding carboxylic acids is 2. The molecule has 3 aromatic rings. The van der Waals surface area contributed by atoms with Gasteiger partial charge >= 0.3 is 0 Å². The fourth-order valence-corrected chi connectivity index (χ4v) is 4.77. The first-order chi connectivity index (χ1) is 14.7. The maximum atomic E-state index is 13.1. The Morgan fingerprint density at radius 3 is 2.57 bits per heavy atom. The van der Waals surface area contributed by atoms with Crippen LogP contribution in [0.1, 0.15) is 22.0 Å². The third-order valence-corrected chi connectivity index (χ3v) is 6.10. The van der Waals surface area contributed by atoms with Crippen LogP contribution in [0.4, 0.5) is 0 Å². The molecule has 5 rings (SSSR count). The molecule has 2 saturated heterocycles. The predicted molar refractivity (Wildman–Crippen MR) is 108 cm³/mol. The number of hydrogen-bond donors (Lipinski definition) is 0. The van der Waals surface area contributed by atoms with Gasteiger partial charge in [-0.1, -0.05) is 30.3 Å². The first-order valence-corrected chi connectivity index (χ1v) is 10.1. The van der Waals surface area contributed by atoms with E-state index in [-0.39, 0.29) is 36.2 Å². The Hall–Kier alpha value is -3.55. The first kappa shape index (κ1) is 18.5. The van der Waals surface area contributed by atoms with Gasteiger partial charge in [0.15, 0.2) is 0 Å². The van der Waals surface area contributed by atoms with Crippen LogP contribution in [0.15, 0.2) is 67.3 Å². The number of carbonyl (C=O) groups is 2. The summed E-state index contributed by atoms with van der Waals surface area (Å²) in [5.41, 5.74) is 1.66. The highest BCUT2D eigenvalue weighted by Crippen LogP contribution is 2.45. The summed E-state index contributed by atoms with van der Waals surface area (Å²) < 4.78 is 1.66. The van der Waals surface area contributed by atoms with E-state index in [1.54, 1.807) is 23.1 Å². The molecule has 2 aliphatic rings. The molecule has 2 fully saturated rings. The number of likely N-dealkylation sites (tertiary alicyclic amines) is 2. The summed E-state index contributed by atoms with van der Waals surface area (Å²) in [6, 6.07) is 13.6. The minimum absolute atomic E-state index is 0.0273. The summed E-state index contributed by atoms with van der Waals surface area (Å²) in [7, 11) is 0. The van der Waals surface area contributed by atoms with Crippen LogP contribution >= 0.6 is 0 Å². The average Bonchev–Trinajstić information content (AvgIpc) is 3.50. The number of aromatic nitrogens is 4. The molecule has 2 aliphatic heterocycles. The zero-order valence-electron chi connectivity index (χ0n) is 16.4. The maximum absolute atomic E-state index is 13.1. The molecule has 1 aromatic carbocycles. The van der Waals surface area contributed by atoms with Gasteiger partial charge in [-0.05, 0) is 17.7 Å². The molecule has 0 N–H and O–H groups in total. The van der Waals surface area contributed by atoms with Crippen molar-refractivity contribution in [1.82, 2.24) is 29.8 Å². The van der Waals surface area contributed by atoms with Gasteiger partial charge in [-0.3, -0.25) is 14.3 Å². The van der Waals surface area contributed by atoms with E-state index in [0.29, 0.717) is 25.2 Å². The van der Waals surface area contributed by atoms with E-state index in [9.17, 15) is 9.59 Å². The average molecular weight is 402 g/mol. The van der Waals surface area contributed by atoms with E-state index in [2.05, 4.69) is 27.4 Å².